The number of benzene rings is 2. The topological polar surface area (TPSA) is 98.0 Å². The van der Waals surface area contributed by atoms with Crippen LogP contribution in [0.5, 0.6) is 0 Å². The van der Waals surface area contributed by atoms with Crippen LogP contribution in [0.15, 0.2) is 60.7 Å². The summed E-state index contributed by atoms with van der Waals surface area (Å²) in [5.41, 5.74) is -0.782. The first-order valence-electron chi connectivity index (χ1n) is 7.77. The predicted molar refractivity (Wildman–Crippen MR) is 89.3 cm³/mol. The summed E-state index contributed by atoms with van der Waals surface area (Å²) in [5.74, 6) is 0. The molecule has 0 bridgehead atoms. The maximum Gasteiger partial charge on any atom is 0.151 e. The molecule has 5 heteroatoms. The van der Waals surface area contributed by atoms with Crippen LogP contribution in [0.4, 0.5) is 0 Å². The Labute approximate surface area is 140 Å². The first-order valence-corrected chi connectivity index (χ1v) is 7.77. The smallest absolute Gasteiger partial charge is 0.151 e. The van der Waals surface area contributed by atoms with Crippen molar-refractivity contribution in [3.8, 4) is 0 Å². The lowest BCUT2D eigenvalue weighted by Crippen LogP contribution is -2.59. The highest BCUT2D eigenvalue weighted by molar-refractivity contribution is 5.58. The van der Waals surface area contributed by atoms with E-state index < -0.39 is 23.9 Å². The standard InChI is InChI=1S/C19H22O5/c20-13-17(22)19(24,12-15-9-5-2-6-10-15)18(23)16(21)11-14-7-3-1-4-8-14/h1-10,13,16-18,21-24H,11-12H2/t16?,17-,18+,19+/m0/s1. The number of carbonyl (C=O) groups excluding carboxylic acids is 1. The second-order valence-corrected chi connectivity index (χ2v) is 5.94. The van der Waals surface area contributed by atoms with Gasteiger partial charge < -0.3 is 25.2 Å². The van der Waals surface area contributed by atoms with Gasteiger partial charge in [-0.3, -0.25) is 0 Å². The van der Waals surface area contributed by atoms with Gasteiger partial charge in [-0.25, -0.2) is 0 Å². The Hall–Kier alpha value is -2.05. The van der Waals surface area contributed by atoms with E-state index in [4.69, 9.17) is 0 Å². The molecule has 2 aromatic carbocycles. The van der Waals surface area contributed by atoms with Crippen molar-refractivity contribution < 1.29 is 25.2 Å². The molecular formula is C19H22O5. The van der Waals surface area contributed by atoms with E-state index in [2.05, 4.69) is 0 Å². The predicted octanol–water partition coefficient (Wildman–Crippen LogP) is 0.484. The van der Waals surface area contributed by atoms with Crippen LogP contribution in [0.2, 0.25) is 0 Å². The average molecular weight is 330 g/mol. The van der Waals surface area contributed by atoms with E-state index >= 15 is 0 Å². The van der Waals surface area contributed by atoms with Crippen LogP contribution in [0.1, 0.15) is 11.1 Å². The summed E-state index contributed by atoms with van der Waals surface area (Å²) in [4.78, 5) is 11.0. The van der Waals surface area contributed by atoms with Crippen molar-refractivity contribution >= 4 is 6.29 Å². The average Bonchev–Trinajstić information content (AvgIpc) is 2.61. The maximum absolute atomic E-state index is 11.0. The van der Waals surface area contributed by atoms with Crippen LogP contribution in [0, 0.1) is 0 Å². The largest absolute Gasteiger partial charge is 0.390 e. The highest BCUT2D eigenvalue weighted by atomic mass is 16.4. The van der Waals surface area contributed by atoms with Gasteiger partial charge in [-0.05, 0) is 11.1 Å². The van der Waals surface area contributed by atoms with Crippen molar-refractivity contribution in [2.75, 3.05) is 0 Å². The van der Waals surface area contributed by atoms with E-state index in [-0.39, 0.29) is 19.1 Å². The number of rotatable bonds is 8. The van der Waals surface area contributed by atoms with Gasteiger partial charge in [0.05, 0.1) is 6.10 Å². The molecule has 0 amide bonds. The maximum atomic E-state index is 11.0. The molecule has 0 aliphatic rings. The zero-order chi connectivity index (χ0) is 17.6. The highest BCUT2D eigenvalue weighted by Crippen LogP contribution is 2.25. The fourth-order valence-electron chi connectivity index (χ4n) is 2.73. The van der Waals surface area contributed by atoms with E-state index in [9.17, 15) is 25.2 Å². The minimum atomic E-state index is -2.18. The minimum absolute atomic E-state index is 0.0880. The number of aldehydes is 1. The molecule has 0 aliphatic heterocycles. The lowest BCUT2D eigenvalue weighted by molar-refractivity contribution is -0.176. The molecule has 0 saturated carbocycles. The summed E-state index contributed by atoms with van der Waals surface area (Å²) >= 11 is 0. The van der Waals surface area contributed by atoms with Gasteiger partial charge in [-0.1, -0.05) is 60.7 Å². The van der Waals surface area contributed by atoms with Gasteiger partial charge in [0, 0.05) is 12.8 Å². The van der Waals surface area contributed by atoms with E-state index in [1.807, 2.05) is 6.07 Å². The first kappa shape index (κ1) is 18.3. The molecule has 2 rings (SSSR count). The lowest BCUT2D eigenvalue weighted by Gasteiger charge is -2.37. The van der Waals surface area contributed by atoms with E-state index in [0.717, 1.165) is 5.56 Å². The van der Waals surface area contributed by atoms with Gasteiger partial charge in [-0.15, -0.1) is 0 Å². The number of carbonyl (C=O) groups is 1. The Morgan fingerprint density at radius 2 is 1.38 bits per heavy atom. The molecule has 5 nitrogen and oxygen atoms in total. The van der Waals surface area contributed by atoms with Crippen molar-refractivity contribution in [2.45, 2.75) is 36.8 Å². The summed E-state index contributed by atoms with van der Waals surface area (Å²) in [6.07, 6.45) is -4.76. The Bertz CT molecular complexity index is 631. The van der Waals surface area contributed by atoms with Crippen molar-refractivity contribution in [1.82, 2.24) is 0 Å². The van der Waals surface area contributed by atoms with Gasteiger partial charge in [0.15, 0.2) is 6.29 Å². The molecule has 24 heavy (non-hydrogen) atoms. The van der Waals surface area contributed by atoms with Gasteiger partial charge >= 0.3 is 0 Å². The molecule has 0 heterocycles. The molecule has 0 aliphatic carbocycles. The molecule has 128 valence electrons. The Morgan fingerprint density at radius 1 is 0.875 bits per heavy atom. The van der Waals surface area contributed by atoms with Crippen LogP contribution in [-0.4, -0.2) is 50.6 Å². The quantitative estimate of drug-likeness (QED) is 0.528. The van der Waals surface area contributed by atoms with Crippen LogP contribution in [0.3, 0.4) is 0 Å². The van der Waals surface area contributed by atoms with Crippen LogP contribution < -0.4 is 0 Å². The molecule has 0 fully saturated rings. The molecule has 0 aromatic heterocycles. The summed E-state index contributed by atoms with van der Waals surface area (Å²) < 4.78 is 0. The Kier molecular flexibility index (Phi) is 6.23. The highest BCUT2D eigenvalue weighted by Gasteiger charge is 2.46. The molecule has 0 saturated heterocycles. The monoisotopic (exact) mass is 330 g/mol. The minimum Gasteiger partial charge on any atom is -0.390 e. The molecule has 4 atom stereocenters. The summed E-state index contributed by atoms with van der Waals surface area (Å²) in [5, 5.41) is 41.4. The third-order valence-corrected chi connectivity index (χ3v) is 4.14. The van der Waals surface area contributed by atoms with Crippen molar-refractivity contribution in [3.63, 3.8) is 0 Å². The van der Waals surface area contributed by atoms with Crippen LogP contribution in [-0.2, 0) is 17.6 Å². The van der Waals surface area contributed by atoms with Gasteiger partial charge in [0.25, 0.3) is 0 Å². The molecule has 4 N–H and O–H groups in total. The molecule has 2 aromatic rings. The number of hydrogen-bond acceptors (Lipinski definition) is 5. The third kappa shape index (κ3) is 4.27. The Morgan fingerprint density at radius 3 is 1.88 bits per heavy atom. The van der Waals surface area contributed by atoms with E-state index in [1.165, 1.54) is 0 Å². The van der Waals surface area contributed by atoms with Gasteiger partial charge in [0.2, 0.25) is 0 Å². The second-order valence-electron chi connectivity index (χ2n) is 5.94. The zero-order valence-electron chi connectivity index (χ0n) is 13.2. The fraction of sp³-hybridized carbons (Fsp3) is 0.316. The van der Waals surface area contributed by atoms with E-state index in [1.54, 1.807) is 54.6 Å². The summed E-state index contributed by atoms with van der Waals surface area (Å²) in [6, 6.07) is 17.7. The van der Waals surface area contributed by atoms with Crippen molar-refractivity contribution in [2.24, 2.45) is 0 Å². The van der Waals surface area contributed by atoms with Gasteiger partial charge in [0.1, 0.15) is 17.8 Å². The Balaban J connectivity index is 2.20. The number of aliphatic hydroxyl groups excluding tert-OH is 3. The van der Waals surface area contributed by atoms with Crippen LogP contribution >= 0.6 is 0 Å². The van der Waals surface area contributed by atoms with Crippen LogP contribution in [0.25, 0.3) is 0 Å². The summed E-state index contributed by atoms with van der Waals surface area (Å²) in [6.45, 7) is 0. The van der Waals surface area contributed by atoms with Crippen molar-refractivity contribution in [1.29, 1.82) is 0 Å². The van der Waals surface area contributed by atoms with Crippen molar-refractivity contribution in [3.05, 3.63) is 71.8 Å². The molecule has 0 spiro atoms. The number of aliphatic hydroxyl groups is 4. The van der Waals surface area contributed by atoms with Gasteiger partial charge in [-0.2, -0.15) is 0 Å². The zero-order valence-corrected chi connectivity index (χ0v) is 13.2. The number of hydrogen-bond donors (Lipinski definition) is 4. The third-order valence-electron chi connectivity index (χ3n) is 4.14. The normalized spacial score (nSPS) is 17.5. The van der Waals surface area contributed by atoms with E-state index in [0.29, 0.717) is 5.56 Å². The second kappa shape index (κ2) is 8.17. The molecular weight excluding hydrogens is 308 g/mol. The molecule has 1 unspecified atom stereocenters. The first-order chi connectivity index (χ1) is 11.5. The SMILES string of the molecule is O=C[C@H](O)[C@](O)(Cc1ccccc1)[C@H](O)C(O)Cc1ccccc1. The fourth-order valence-corrected chi connectivity index (χ4v) is 2.73. The lowest BCUT2D eigenvalue weighted by atomic mass is 9.81. The summed E-state index contributed by atoms with van der Waals surface area (Å²) in [7, 11) is 0. The molecule has 0 radical (unpaired) electrons.